The number of hydrogen-bond donors (Lipinski definition) is 0. The number of aromatic nitrogens is 2. The number of nitrogens with zero attached hydrogens (tertiary/aromatic N) is 5. The van der Waals surface area contributed by atoms with Crippen LogP contribution in [0.15, 0.2) is 55.0 Å². The highest BCUT2D eigenvalue weighted by Gasteiger charge is 2.27. The van der Waals surface area contributed by atoms with Crippen LogP contribution in [0.4, 0.5) is 11.4 Å². The van der Waals surface area contributed by atoms with Gasteiger partial charge in [-0.1, -0.05) is 18.2 Å². The Morgan fingerprint density at radius 1 is 0.929 bits per heavy atom. The van der Waals surface area contributed by atoms with E-state index in [9.17, 15) is 4.79 Å². The van der Waals surface area contributed by atoms with E-state index in [-0.39, 0.29) is 5.91 Å². The number of fused-ring (bicyclic) bond motifs is 2. The number of anilines is 2. The second kappa shape index (κ2) is 7.20. The largest absolute Gasteiger partial charge is 0.368 e. The van der Waals surface area contributed by atoms with Crippen LogP contribution >= 0.6 is 0 Å². The Bertz CT molecular complexity index is 1010. The SMILES string of the molecule is O=C(CN1CCN(c2ccnc3ccncc23)CC1)N1CCc2ccccc21. The lowest BCUT2D eigenvalue weighted by molar-refractivity contribution is -0.119. The van der Waals surface area contributed by atoms with Gasteiger partial charge in [0.2, 0.25) is 5.91 Å². The van der Waals surface area contributed by atoms with Gasteiger partial charge in [0.15, 0.2) is 0 Å². The lowest BCUT2D eigenvalue weighted by Gasteiger charge is -2.36. The summed E-state index contributed by atoms with van der Waals surface area (Å²) in [7, 11) is 0. The minimum atomic E-state index is 0.206. The third kappa shape index (κ3) is 3.10. The number of carbonyl (C=O) groups is 1. The van der Waals surface area contributed by atoms with Gasteiger partial charge in [-0.2, -0.15) is 0 Å². The van der Waals surface area contributed by atoms with Crippen molar-refractivity contribution in [3.05, 3.63) is 60.6 Å². The van der Waals surface area contributed by atoms with Gasteiger partial charge in [-0.3, -0.25) is 19.7 Å². The molecule has 1 saturated heterocycles. The van der Waals surface area contributed by atoms with Crippen molar-refractivity contribution in [1.82, 2.24) is 14.9 Å². The summed E-state index contributed by atoms with van der Waals surface area (Å²) >= 11 is 0. The van der Waals surface area contributed by atoms with Gasteiger partial charge in [0.25, 0.3) is 0 Å². The van der Waals surface area contributed by atoms with E-state index in [4.69, 9.17) is 0 Å². The van der Waals surface area contributed by atoms with E-state index in [2.05, 4.69) is 38.0 Å². The van der Waals surface area contributed by atoms with Crippen molar-refractivity contribution in [3.8, 4) is 0 Å². The summed E-state index contributed by atoms with van der Waals surface area (Å²) in [5, 5.41) is 1.09. The Labute approximate surface area is 164 Å². The van der Waals surface area contributed by atoms with E-state index >= 15 is 0 Å². The van der Waals surface area contributed by atoms with Gasteiger partial charge >= 0.3 is 0 Å². The molecule has 0 atom stereocenters. The highest BCUT2D eigenvalue weighted by Crippen LogP contribution is 2.28. The fourth-order valence-corrected chi connectivity index (χ4v) is 4.27. The average Bonchev–Trinajstić information content (AvgIpc) is 3.18. The molecule has 28 heavy (non-hydrogen) atoms. The summed E-state index contributed by atoms with van der Waals surface area (Å²) in [5.74, 6) is 0.206. The van der Waals surface area contributed by atoms with Crippen LogP contribution in [0.25, 0.3) is 10.9 Å². The summed E-state index contributed by atoms with van der Waals surface area (Å²) in [6.07, 6.45) is 6.48. The van der Waals surface area contributed by atoms with E-state index in [1.54, 1.807) is 6.20 Å². The average molecular weight is 373 g/mol. The van der Waals surface area contributed by atoms with E-state index in [1.807, 2.05) is 35.5 Å². The lowest BCUT2D eigenvalue weighted by atomic mass is 10.2. The Hall–Kier alpha value is -2.99. The summed E-state index contributed by atoms with van der Waals surface area (Å²) in [4.78, 5) is 28.1. The minimum Gasteiger partial charge on any atom is -0.368 e. The van der Waals surface area contributed by atoms with Gasteiger partial charge in [-0.05, 0) is 30.2 Å². The molecule has 2 aromatic heterocycles. The van der Waals surface area contributed by atoms with Crippen LogP contribution in [0.1, 0.15) is 5.56 Å². The van der Waals surface area contributed by atoms with Gasteiger partial charge in [0.05, 0.1) is 12.1 Å². The van der Waals surface area contributed by atoms with Crippen molar-refractivity contribution in [1.29, 1.82) is 0 Å². The molecule has 0 spiro atoms. The highest BCUT2D eigenvalue weighted by molar-refractivity contribution is 5.96. The van der Waals surface area contributed by atoms with Crippen molar-refractivity contribution in [2.75, 3.05) is 49.1 Å². The smallest absolute Gasteiger partial charge is 0.241 e. The second-order valence-electron chi connectivity index (χ2n) is 7.41. The standard InChI is InChI=1S/C22H23N5O/c28-22(27-10-7-17-3-1-2-4-20(17)27)16-25-11-13-26(14-12-25)21-6-9-24-19-5-8-23-15-18(19)21/h1-6,8-9,15H,7,10-14,16H2. The highest BCUT2D eigenvalue weighted by atomic mass is 16.2. The summed E-state index contributed by atoms with van der Waals surface area (Å²) in [5.41, 5.74) is 4.51. The Morgan fingerprint density at radius 3 is 2.68 bits per heavy atom. The zero-order valence-corrected chi connectivity index (χ0v) is 15.8. The van der Waals surface area contributed by atoms with E-state index < -0.39 is 0 Å². The van der Waals surface area contributed by atoms with Crippen molar-refractivity contribution in [3.63, 3.8) is 0 Å². The number of piperazine rings is 1. The lowest BCUT2D eigenvalue weighted by Crippen LogP contribution is -2.50. The first-order valence-corrected chi connectivity index (χ1v) is 9.84. The Morgan fingerprint density at radius 2 is 1.79 bits per heavy atom. The van der Waals surface area contributed by atoms with Crippen LogP contribution in [0.5, 0.6) is 0 Å². The summed E-state index contributed by atoms with van der Waals surface area (Å²) in [6, 6.07) is 12.2. The van der Waals surface area contributed by atoms with Crippen LogP contribution in [0, 0.1) is 0 Å². The van der Waals surface area contributed by atoms with Crippen LogP contribution in [-0.2, 0) is 11.2 Å². The topological polar surface area (TPSA) is 52.6 Å². The maximum Gasteiger partial charge on any atom is 0.241 e. The van der Waals surface area contributed by atoms with Crippen LogP contribution in [-0.4, -0.2) is 60.0 Å². The molecule has 0 aliphatic carbocycles. The number of carbonyl (C=O) groups excluding carboxylic acids is 1. The van der Waals surface area contributed by atoms with E-state index in [0.717, 1.165) is 55.7 Å². The molecule has 2 aliphatic heterocycles. The molecule has 1 amide bonds. The van der Waals surface area contributed by atoms with Crippen molar-refractivity contribution in [2.24, 2.45) is 0 Å². The van der Waals surface area contributed by atoms with Gasteiger partial charge < -0.3 is 9.80 Å². The first-order valence-electron chi connectivity index (χ1n) is 9.84. The van der Waals surface area contributed by atoms with Crippen molar-refractivity contribution in [2.45, 2.75) is 6.42 Å². The number of para-hydroxylation sites is 1. The zero-order valence-electron chi connectivity index (χ0n) is 15.8. The third-order valence-electron chi connectivity index (χ3n) is 5.78. The van der Waals surface area contributed by atoms with E-state index in [0.29, 0.717) is 6.54 Å². The number of rotatable bonds is 3. The first kappa shape index (κ1) is 17.1. The fraction of sp³-hybridized carbons (Fsp3) is 0.318. The molecule has 0 N–H and O–H groups in total. The third-order valence-corrected chi connectivity index (χ3v) is 5.78. The molecule has 1 aromatic carbocycles. The predicted molar refractivity (Wildman–Crippen MR) is 111 cm³/mol. The number of amides is 1. The zero-order chi connectivity index (χ0) is 18.9. The Balaban J connectivity index is 1.24. The number of hydrogen-bond acceptors (Lipinski definition) is 5. The summed E-state index contributed by atoms with van der Waals surface area (Å²) in [6.45, 7) is 4.85. The molecule has 6 heteroatoms. The molecule has 1 fully saturated rings. The van der Waals surface area contributed by atoms with Crippen LogP contribution in [0.3, 0.4) is 0 Å². The van der Waals surface area contributed by atoms with Crippen molar-refractivity contribution < 1.29 is 4.79 Å². The maximum atomic E-state index is 12.9. The molecule has 0 saturated carbocycles. The fourth-order valence-electron chi connectivity index (χ4n) is 4.27. The molecule has 142 valence electrons. The monoisotopic (exact) mass is 373 g/mol. The molecule has 2 aliphatic rings. The van der Waals surface area contributed by atoms with Gasteiger partial charge in [-0.25, -0.2) is 0 Å². The molecular formula is C22H23N5O. The molecule has 3 aromatic rings. The molecule has 4 heterocycles. The van der Waals surface area contributed by atoms with E-state index in [1.165, 1.54) is 11.3 Å². The molecule has 5 rings (SSSR count). The first-order chi connectivity index (χ1) is 13.8. The number of pyridine rings is 2. The normalized spacial score (nSPS) is 17.1. The minimum absolute atomic E-state index is 0.206. The van der Waals surface area contributed by atoms with Crippen molar-refractivity contribution >= 4 is 28.2 Å². The van der Waals surface area contributed by atoms with Crippen LogP contribution in [0.2, 0.25) is 0 Å². The predicted octanol–water partition coefficient (Wildman–Crippen LogP) is 2.34. The molecule has 0 bridgehead atoms. The van der Waals surface area contributed by atoms with Gasteiger partial charge in [0, 0.05) is 68.1 Å². The molecule has 6 nitrogen and oxygen atoms in total. The quantitative estimate of drug-likeness (QED) is 0.705. The Kier molecular flexibility index (Phi) is 4.41. The number of benzene rings is 1. The maximum absolute atomic E-state index is 12.9. The van der Waals surface area contributed by atoms with Gasteiger partial charge in [0.1, 0.15) is 0 Å². The second-order valence-corrected chi connectivity index (χ2v) is 7.41. The van der Waals surface area contributed by atoms with Gasteiger partial charge in [-0.15, -0.1) is 0 Å². The molecule has 0 unspecified atom stereocenters. The molecule has 0 radical (unpaired) electrons. The molecular weight excluding hydrogens is 350 g/mol. The van der Waals surface area contributed by atoms with Crippen LogP contribution < -0.4 is 9.80 Å². The summed E-state index contributed by atoms with van der Waals surface area (Å²) < 4.78 is 0.